The van der Waals surface area contributed by atoms with Crippen LogP contribution < -0.4 is 0 Å². The Morgan fingerprint density at radius 1 is 1.37 bits per heavy atom. The maximum atomic E-state index is 12.1. The van der Waals surface area contributed by atoms with Crippen molar-refractivity contribution < 1.29 is 13.2 Å². The largest absolute Gasteiger partial charge is 0.367 e. The van der Waals surface area contributed by atoms with Gasteiger partial charge >= 0.3 is 0 Å². The van der Waals surface area contributed by atoms with E-state index in [0.29, 0.717) is 31.7 Å². The molecule has 2 saturated heterocycles. The minimum Gasteiger partial charge on any atom is -0.367 e. The molecule has 1 N–H and O–H groups in total. The lowest BCUT2D eigenvalue weighted by Crippen LogP contribution is -2.59. The predicted octanol–water partition coefficient (Wildman–Crippen LogP) is 0.122. The van der Waals surface area contributed by atoms with Crippen molar-refractivity contribution in [3.05, 3.63) is 24.0 Å². The Balaban J connectivity index is 1.63. The number of carbonyl (C=O) groups excluding carboxylic acids is 1. The lowest BCUT2D eigenvalue weighted by atomic mass is 9.79. The third-order valence-corrected chi connectivity index (χ3v) is 5.31. The van der Waals surface area contributed by atoms with Gasteiger partial charge in [0.05, 0.1) is 11.8 Å². The zero-order valence-corrected chi connectivity index (χ0v) is 11.6. The second kappa shape index (κ2) is 4.08. The second-order valence-electron chi connectivity index (χ2n) is 5.61. The second-order valence-corrected chi connectivity index (χ2v) is 7.59. The van der Waals surface area contributed by atoms with Gasteiger partial charge in [-0.1, -0.05) is 0 Å². The number of H-pyrrole nitrogens is 1. The minimum atomic E-state index is -3.11. The van der Waals surface area contributed by atoms with E-state index < -0.39 is 10.0 Å². The lowest BCUT2D eigenvalue weighted by Gasteiger charge is -2.47. The number of aromatic amines is 1. The first kappa shape index (κ1) is 12.7. The zero-order valence-electron chi connectivity index (χ0n) is 10.8. The first-order valence-electron chi connectivity index (χ1n) is 6.27. The van der Waals surface area contributed by atoms with Crippen molar-refractivity contribution in [2.24, 2.45) is 5.41 Å². The molecular weight excluding hydrogens is 266 g/mol. The molecule has 2 aliphatic rings. The van der Waals surface area contributed by atoms with Crippen molar-refractivity contribution in [3.63, 3.8) is 0 Å². The molecule has 3 rings (SSSR count). The van der Waals surface area contributed by atoms with Crippen molar-refractivity contribution in [2.45, 2.75) is 6.42 Å². The van der Waals surface area contributed by atoms with Crippen molar-refractivity contribution in [2.75, 3.05) is 32.4 Å². The average Bonchev–Trinajstić information content (AvgIpc) is 2.94. The highest BCUT2D eigenvalue weighted by atomic mass is 32.2. The van der Waals surface area contributed by atoms with Gasteiger partial charge in [0.25, 0.3) is 5.91 Å². The Labute approximate surface area is 112 Å². The van der Waals surface area contributed by atoms with Gasteiger partial charge in [-0.3, -0.25) is 4.79 Å². The number of likely N-dealkylation sites (tertiary alicyclic amines) is 1. The number of rotatable bonds is 2. The highest BCUT2D eigenvalue weighted by Gasteiger charge is 2.50. The molecular formula is C12H17N3O3S. The monoisotopic (exact) mass is 283 g/mol. The van der Waals surface area contributed by atoms with Crippen LogP contribution in [0.5, 0.6) is 0 Å². The van der Waals surface area contributed by atoms with Crippen LogP contribution in [0.1, 0.15) is 16.8 Å². The number of aromatic nitrogens is 1. The molecule has 1 spiro atoms. The molecule has 1 aromatic heterocycles. The van der Waals surface area contributed by atoms with Gasteiger partial charge < -0.3 is 9.88 Å². The SMILES string of the molecule is CS(=O)(=O)N1CCC2(CN(C(=O)c3cc[nH]c3)C2)C1. The molecule has 3 heterocycles. The number of nitrogens with one attached hydrogen (secondary N) is 1. The molecule has 1 aromatic rings. The Hall–Kier alpha value is -1.34. The Bertz CT molecular complexity index is 588. The zero-order chi connectivity index (χ0) is 13.7. The third kappa shape index (κ3) is 2.17. The van der Waals surface area contributed by atoms with Gasteiger partial charge in [-0.25, -0.2) is 12.7 Å². The summed E-state index contributed by atoms with van der Waals surface area (Å²) in [6.07, 6.45) is 5.50. The number of amides is 1. The summed E-state index contributed by atoms with van der Waals surface area (Å²) < 4.78 is 24.5. The molecule has 1 amide bonds. The van der Waals surface area contributed by atoms with E-state index in [9.17, 15) is 13.2 Å². The van der Waals surface area contributed by atoms with E-state index in [2.05, 4.69) is 4.98 Å². The predicted molar refractivity (Wildman–Crippen MR) is 70.2 cm³/mol. The standard InChI is InChI=1S/C12H17N3O3S/c1-19(17,18)15-5-3-12(9-15)7-14(8-12)11(16)10-2-4-13-6-10/h2,4,6,13H,3,5,7-9H2,1H3. The molecule has 0 aromatic carbocycles. The van der Waals surface area contributed by atoms with Gasteiger partial charge in [-0.15, -0.1) is 0 Å². The Morgan fingerprint density at radius 3 is 2.63 bits per heavy atom. The molecule has 6 nitrogen and oxygen atoms in total. The van der Waals surface area contributed by atoms with Crippen LogP contribution in [0.25, 0.3) is 0 Å². The van der Waals surface area contributed by atoms with Crippen molar-refractivity contribution in [1.29, 1.82) is 0 Å². The van der Waals surface area contributed by atoms with Gasteiger partial charge in [0.15, 0.2) is 0 Å². The number of carbonyl (C=O) groups is 1. The molecule has 0 atom stereocenters. The van der Waals surface area contributed by atoms with E-state index in [0.717, 1.165) is 6.42 Å². The number of nitrogens with zero attached hydrogens (tertiary/aromatic N) is 2. The first-order chi connectivity index (χ1) is 8.90. The quantitative estimate of drug-likeness (QED) is 0.838. The van der Waals surface area contributed by atoms with Gasteiger partial charge in [-0.2, -0.15) is 0 Å². The van der Waals surface area contributed by atoms with Crippen LogP contribution in [0.4, 0.5) is 0 Å². The lowest BCUT2D eigenvalue weighted by molar-refractivity contribution is 0.0137. The Kier molecular flexibility index (Phi) is 2.72. The van der Waals surface area contributed by atoms with Crippen LogP contribution in [0.2, 0.25) is 0 Å². The smallest absolute Gasteiger partial charge is 0.255 e. The van der Waals surface area contributed by atoms with Gasteiger partial charge in [0, 0.05) is 44.0 Å². The topological polar surface area (TPSA) is 73.5 Å². The maximum Gasteiger partial charge on any atom is 0.255 e. The highest BCUT2D eigenvalue weighted by Crippen LogP contribution is 2.40. The normalized spacial score (nSPS) is 22.7. The third-order valence-electron chi connectivity index (χ3n) is 4.06. The summed E-state index contributed by atoms with van der Waals surface area (Å²) in [5, 5.41) is 0. The van der Waals surface area contributed by atoms with E-state index >= 15 is 0 Å². The summed E-state index contributed by atoms with van der Waals surface area (Å²) in [4.78, 5) is 16.7. The minimum absolute atomic E-state index is 0.0182. The van der Waals surface area contributed by atoms with Gasteiger partial charge in [-0.05, 0) is 12.5 Å². The van der Waals surface area contributed by atoms with Crippen molar-refractivity contribution in [3.8, 4) is 0 Å². The van der Waals surface area contributed by atoms with Crippen LogP contribution in [0.3, 0.4) is 0 Å². The summed E-state index contributed by atoms with van der Waals surface area (Å²) in [6.45, 7) is 2.43. The summed E-state index contributed by atoms with van der Waals surface area (Å²) in [7, 11) is -3.11. The summed E-state index contributed by atoms with van der Waals surface area (Å²) in [5.41, 5.74) is 0.641. The summed E-state index contributed by atoms with van der Waals surface area (Å²) in [5.74, 6) is 0.0182. The summed E-state index contributed by atoms with van der Waals surface area (Å²) in [6, 6.07) is 1.75. The fourth-order valence-electron chi connectivity index (χ4n) is 2.98. The fourth-order valence-corrected chi connectivity index (χ4v) is 3.91. The van der Waals surface area contributed by atoms with Crippen molar-refractivity contribution >= 4 is 15.9 Å². The summed E-state index contributed by atoms with van der Waals surface area (Å²) >= 11 is 0. The van der Waals surface area contributed by atoms with Crippen molar-refractivity contribution in [1.82, 2.24) is 14.2 Å². The van der Waals surface area contributed by atoms with E-state index in [1.807, 2.05) is 0 Å². The number of sulfonamides is 1. The van der Waals surface area contributed by atoms with Crippen LogP contribution in [0.15, 0.2) is 18.5 Å². The molecule has 0 aliphatic carbocycles. The first-order valence-corrected chi connectivity index (χ1v) is 8.12. The molecule has 7 heteroatoms. The molecule has 0 unspecified atom stereocenters. The molecule has 2 fully saturated rings. The van der Waals surface area contributed by atoms with Crippen LogP contribution in [0, 0.1) is 5.41 Å². The van der Waals surface area contributed by atoms with Crippen LogP contribution in [-0.4, -0.2) is 60.9 Å². The Morgan fingerprint density at radius 2 is 2.11 bits per heavy atom. The molecule has 104 valence electrons. The fraction of sp³-hybridized carbons (Fsp3) is 0.583. The van der Waals surface area contributed by atoms with E-state index in [-0.39, 0.29) is 11.3 Å². The van der Waals surface area contributed by atoms with Crippen LogP contribution >= 0.6 is 0 Å². The van der Waals surface area contributed by atoms with Gasteiger partial charge in [0.2, 0.25) is 10.0 Å². The maximum absolute atomic E-state index is 12.1. The van der Waals surface area contributed by atoms with E-state index in [4.69, 9.17) is 0 Å². The number of hydrogen-bond acceptors (Lipinski definition) is 3. The molecule has 19 heavy (non-hydrogen) atoms. The van der Waals surface area contributed by atoms with E-state index in [1.165, 1.54) is 10.6 Å². The molecule has 0 saturated carbocycles. The van der Waals surface area contributed by atoms with Crippen LogP contribution in [-0.2, 0) is 10.0 Å². The average molecular weight is 283 g/mol. The van der Waals surface area contributed by atoms with Gasteiger partial charge in [0.1, 0.15) is 0 Å². The molecule has 0 radical (unpaired) electrons. The highest BCUT2D eigenvalue weighted by molar-refractivity contribution is 7.88. The molecule has 0 bridgehead atoms. The molecule has 2 aliphatic heterocycles. The van der Waals surface area contributed by atoms with E-state index in [1.54, 1.807) is 23.4 Å². The number of hydrogen-bond donors (Lipinski definition) is 1.